The second-order valence-corrected chi connectivity index (χ2v) is 8.66. The standard InChI is InChI=1S/C21H31N3O3/c1-21(2,3)15-22-20(26)24-9-4-8-23(10-11-24)19(25)14-16-5-6-18-17(13-16)7-12-27-18/h5-6,13H,4,7-12,14-15H2,1-3H3,(H,22,26). The van der Waals surface area contributed by atoms with Gasteiger partial charge in [0.1, 0.15) is 5.75 Å². The van der Waals surface area contributed by atoms with E-state index in [4.69, 9.17) is 4.74 Å². The number of nitrogens with one attached hydrogen (secondary N) is 1. The van der Waals surface area contributed by atoms with Crippen LogP contribution in [0.25, 0.3) is 0 Å². The topological polar surface area (TPSA) is 61.9 Å². The Morgan fingerprint density at radius 2 is 1.85 bits per heavy atom. The minimum Gasteiger partial charge on any atom is -0.493 e. The average Bonchev–Trinajstić information content (AvgIpc) is 2.93. The molecule has 1 aromatic rings. The minimum atomic E-state index is -0.0298. The minimum absolute atomic E-state index is 0.0298. The van der Waals surface area contributed by atoms with Gasteiger partial charge in [0.25, 0.3) is 0 Å². The van der Waals surface area contributed by atoms with E-state index in [1.165, 1.54) is 5.56 Å². The van der Waals surface area contributed by atoms with Crippen molar-refractivity contribution in [1.82, 2.24) is 15.1 Å². The van der Waals surface area contributed by atoms with Gasteiger partial charge >= 0.3 is 6.03 Å². The molecule has 2 heterocycles. The van der Waals surface area contributed by atoms with Gasteiger partial charge in [0.2, 0.25) is 5.91 Å². The molecule has 27 heavy (non-hydrogen) atoms. The quantitative estimate of drug-likeness (QED) is 0.885. The van der Waals surface area contributed by atoms with E-state index in [2.05, 4.69) is 32.2 Å². The smallest absolute Gasteiger partial charge is 0.317 e. The number of rotatable bonds is 3. The van der Waals surface area contributed by atoms with Crippen LogP contribution in [0.15, 0.2) is 18.2 Å². The molecule has 2 aliphatic heterocycles. The summed E-state index contributed by atoms with van der Waals surface area (Å²) < 4.78 is 5.53. The van der Waals surface area contributed by atoms with Crippen molar-refractivity contribution in [3.63, 3.8) is 0 Å². The van der Waals surface area contributed by atoms with Gasteiger partial charge in [-0.05, 0) is 29.0 Å². The lowest BCUT2D eigenvalue weighted by atomic mass is 9.97. The van der Waals surface area contributed by atoms with Gasteiger partial charge in [0.05, 0.1) is 13.0 Å². The van der Waals surface area contributed by atoms with Crippen LogP contribution in [0.4, 0.5) is 4.79 Å². The number of benzene rings is 1. The normalized spacial score (nSPS) is 17.1. The molecule has 0 atom stereocenters. The number of urea groups is 1. The number of carbonyl (C=O) groups excluding carboxylic acids is 2. The number of amides is 3. The Hall–Kier alpha value is -2.24. The lowest BCUT2D eigenvalue weighted by Gasteiger charge is -2.25. The maximum atomic E-state index is 12.7. The first kappa shape index (κ1) is 19.5. The molecule has 1 aromatic carbocycles. The van der Waals surface area contributed by atoms with Crippen LogP contribution in [0.3, 0.4) is 0 Å². The lowest BCUT2D eigenvalue weighted by Crippen LogP contribution is -2.45. The maximum absolute atomic E-state index is 12.7. The van der Waals surface area contributed by atoms with Crippen molar-refractivity contribution in [2.75, 3.05) is 39.3 Å². The van der Waals surface area contributed by atoms with Gasteiger partial charge < -0.3 is 19.9 Å². The van der Waals surface area contributed by atoms with Crippen LogP contribution in [0.1, 0.15) is 38.3 Å². The fraction of sp³-hybridized carbons (Fsp3) is 0.619. The molecule has 1 fully saturated rings. The molecule has 0 spiro atoms. The van der Waals surface area contributed by atoms with Gasteiger partial charge in [0, 0.05) is 39.1 Å². The molecule has 0 aromatic heterocycles. The van der Waals surface area contributed by atoms with Crippen LogP contribution in [-0.4, -0.2) is 61.1 Å². The Labute approximate surface area is 161 Å². The first-order chi connectivity index (χ1) is 12.8. The third-order valence-corrected chi connectivity index (χ3v) is 5.01. The van der Waals surface area contributed by atoms with Gasteiger partial charge in [-0.1, -0.05) is 32.9 Å². The number of hydrogen-bond acceptors (Lipinski definition) is 3. The molecule has 0 radical (unpaired) electrons. The fourth-order valence-electron chi connectivity index (χ4n) is 3.46. The highest BCUT2D eigenvalue weighted by Crippen LogP contribution is 2.26. The van der Waals surface area contributed by atoms with E-state index in [0.717, 1.165) is 30.8 Å². The van der Waals surface area contributed by atoms with Gasteiger partial charge in [-0.2, -0.15) is 0 Å². The molecule has 0 unspecified atom stereocenters. The van der Waals surface area contributed by atoms with Gasteiger partial charge in [-0.15, -0.1) is 0 Å². The maximum Gasteiger partial charge on any atom is 0.317 e. The Kier molecular flexibility index (Phi) is 5.92. The van der Waals surface area contributed by atoms with Crippen LogP contribution in [-0.2, 0) is 17.6 Å². The summed E-state index contributed by atoms with van der Waals surface area (Å²) in [5, 5.41) is 3.00. The summed E-state index contributed by atoms with van der Waals surface area (Å²) in [5.41, 5.74) is 2.29. The monoisotopic (exact) mass is 373 g/mol. The first-order valence-electron chi connectivity index (χ1n) is 9.87. The molecular weight excluding hydrogens is 342 g/mol. The van der Waals surface area contributed by atoms with E-state index in [1.807, 2.05) is 21.9 Å². The predicted octanol–water partition coefficient (Wildman–Crippen LogP) is 2.45. The third kappa shape index (κ3) is 5.37. The van der Waals surface area contributed by atoms with Gasteiger partial charge in [-0.3, -0.25) is 4.79 Å². The van der Waals surface area contributed by atoms with Crippen LogP contribution in [0.5, 0.6) is 5.75 Å². The van der Waals surface area contributed by atoms with Crippen LogP contribution < -0.4 is 10.1 Å². The second kappa shape index (κ2) is 8.19. The number of ether oxygens (including phenoxy) is 1. The molecular formula is C21H31N3O3. The van der Waals surface area contributed by atoms with Crippen LogP contribution in [0, 0.1) is 5.41 Å². The summed E-state index contributed by atoms with van der Waals surface area (Å²) in [5.74, 6) is 1.07. The summed E-state index contributed by atoms with van der Waals surface area (Å²) in [6.07, 6.45) is 2.13. The summed E-state index contributed by atoms with van der Waals surface area (Å²) in [6, 6.07) is 6.00. The van der Waals surface area contributed by atoms with E-state index >= 15 is 0 Å². The second-order valence-electron chi connectivity index (χ2n) is 8.66. The molecule has 6 heteroatoms. The molecule has 0 bridgehead atoms. The molecule has 0 saturated carbocycles. The highest BCUT2D eigenvalue weighted by atomic mass is 16.5. The SMILES string of the molecule is CC(C)(C)CNC(=O)N1CCCN(C(=O)Cc2ccc3c(c2)CCO3)CC1. The number of nitrogens with zero attached hydrogens (tertiary/aromatic N) is 2. The molecule has 3 amide bonds. The Bertz CT molecular complexity index is 696. The fourth-order valence-corrected chi connectivity index (χ4v) is 3.46. The van der Waals surface area contributed by atoms with Crippen molar-refractivity contribution in [2.24, 2.45) is 5.41 Å². The van der Waals surface area contributed by atoms with Crippen molar-refractivity contribution in [3.8, 4) is 5.75 Å². The Morgan fingerprint density at radius 1 is 1.11 bits per heavy atom. The van der Waals surface area contributed by atoms with E-state index in [-0.39, 0.29) is 17.4 Å². The number of carbonyl (C=O) groups is 2. The molecule has 1 N–H and O–H groups in total. The summed E-state index contributed by atoms with van der Waals surface area (Å²) in [7, 11) is 0. The van der Waals surface area contributed by atoms with E-state index < -0.39 is 0 Å². The summed E-state index contributed by atoms with van der Waals surface area (Å²) >= 11 is 0. The van der Waals surface area contributed by atoms with E-state index in [1.54, 1.807) is 0 Å². The molecule has 6 nitrogen and oxygen atoms in total. The first-order valence-corrected chi connectivity index (χ1v) is 9.87. The molecule has 1 saturated heterocycles. The Balaban J connectivity index is 1.51. The van der Waals surface area contributed by atoms with Crippen molar-refractivity contribution >= 4 is 11.9 Å². The van der Waals surface area contributed by atoms with Gasteiger partial charge in [0.15, 0.2) is 0 Å². The van der Waals surface area contributed by atoms with Crippen molar-refractivity contribution in [2.45, 2.75) is 40.0 Å². The van der Waals surface area contributed by atoms with Crippen molar-refractivity contribution < 1.29 is 14.3 Å². The average molecular weight is 373 g/mol. The zero-order chi connectivity index (χ0) is 19.4. The van der Waals surface area contributed by atoms with Crippen molar-refractivity contribution in [1.29, 1.82) is 0 Å². The highest BCUT2D eigenvalue weighted by Gasteiger charge is 2.23. The highest BCUT2D eigenvalue weighted by molar-refractivity contribution is 5.79. The van der Waals surface area contributed by atoms with E-state index in [0.29, 0.717) is 39.1 Å². The van der Waals surface area contributed by atoms with Crippen molar-refractivity contribution in [3.05, 3.63) is 29.3 Å². The zero-order valence-electron chi connectivity index (χ0n) is 16.7. The largest absolute Gasteiger partial charge is 0.493 e. The molecule has 3 rings (SSSR count). The molecule has 2 aliphatic rings. The predicted molar refractivity (Wildman–Crippen MR) is 105 cm³/mol. The van der Waals surface area contributed by atoms with E-state index in [9.17, 15) is 9.59 Å². The molecule has 0 aliphatic carbocycles. The summed E-state index contributed by atoms with van der Waals surface area (Å²) in [4.78, 5) is 28.8. The number of hydrogen-bond donors (Lipinski definition) is 1. The molecule has 148 valence electrons. The lowest BCUT2D eigenvalue weighted by molar-refractivity contribution is -0.130. The van der Waals surface area contributed by atoms with Crippen LogP contribution in [0.2, 0.25) is 0 Å². The third-order valence-electron chi connectivity index (χ3n) is 5.01. The summed E-state index contributed by atoms with van der Waals surface area (Å²) in [6.45, 7) is 10.2. The zero-order valence-corrected chi connectivity index (χ0v) is 16.7. The van der Waals surface area contributed by atoms with Crippen LogP contribution >= 0.6 is 0 Å². The number of fused-ring (bicyclic) bond motifs is 1. The van der Waals surface area contributed by atoms with Gasteiger partial charge in [-0.25, -0.2) is 4.79 Å². The Morgan fingerprint density at radius 3 is 2.63 bits per heavy atom.